The maximum Gasteiger partial charge on any atom is 0.122 e. The lowest BCUT2D eigenvalue weighted by Crippen LogP contribution is -2.45. The van der Waals surface area contributed by atoms with Gasteiger partial charge in [-0.2, -0.15) is 0 Å². The van der Waals surface area contributed by atoms with E-state index in [0.717, 1.165) is 39.0 Å². The van der Waals surface area contributed by atoms with Gasteiger partial charge in [0.2, 0.25) is 0 Å². The average molecular weight is 428 g/mol. The van der Waals surface area contributed by atoms with Gasteiger partial charge in [-0.1, -0.05) is 72.8 Å². The zero-order valence-corrected chi connectivity index (χ0v) is 18.5. The highest BCUT2D eigenvalue weighted by Gasteiger charge is 2.37. The van der Waals surface area contributed by atoms with Gasteiger partial charge in [-0.05, 0) is 45.7 Å². The van der Waals surface area contributed by atoms with Crippen LogP contribution in [-0.4, -0.2) is 24.9 Å². The third-order valence-electron chi connectivity index (χ3n) is 6.09. The SMILES string of the molecule is COc1ccccc1CC(O)(Cc1ccccc1OC)C(N)c1ccc2ccccc2c1. The molecule has 0 aromatic heterocycles. The van der Waals surface area contributed by atoms with E-state index in [1.165, 1.54) is 0 Å². The predicted octanol–water partition coefficient (Wildman–Crippen LogP) is 5.07. The Balaban J connectivity index is 1.77. The molecule has 0 bridgehead atoms. The van der Waals surface area contributed by atoms with Crippen LogP contribution >= 0.6 is 0 Å². The van der Waals surface area contributed by atoms with Crippen molar-refractivity contribution in [2.24, 2.45) is 5.73 Å². The molecule has 0 spiro atoms. The first-order valence-electron chi connectivity index (χ1n) is 10.7. The Morgan fingerprint density at radius 2 is 1.22 bits per heavy atom. The first kappa shape index (κ1) is 21.9. The fourth-order valence-corrected chi connectivity index (χ4v) is 4.35. The van der Waals surface area contributed by atoms with E-state index in [1.807, 2.05) is 66.7 Å². The summed E-state index contributed by atoms with van der Waals surface area (Å²) >= 11 is 0. The van der Waals surface area contributed by atoms with Gasteiger partial charge in [-0.15, -0.1) is 0 Å². The van der Waals surface area contributed by atoms with E-state index >= 15 is 0 Å². The molecule has 4 rings (SSSR count). The third kappa shape index (κ3) is 4.47. The average Bonchev–Trinajstić information content (AvgIpc) is 2.84. The minimum atomic E-state index is -1.27. The Kier molecular flexibility index (Phi) is 6.45. The Bertz CT molecular complexity index is 1150. The van der Waals surface area contributed by atoms with Gasteiger partial charge in [0.25, 0.3) is 0 Å². The van der Waals surface area contributed by atoms with Gasteiger partial charge < -0.3 is 20.3 Å². The molecule has 0 amide bonds. The molecule has 0 saturated carbocycles. The highest BCUT2D eigenvalue weighted by molar-refractivity contribution is 5.83. The molecule has 4 nitrogen and oxygen atoms in total. The van der Waals surface area contributed by atoms with Gasteiger partial charge in [-0.3, -0.25) is 0 Å². The van der Waals surface area contributed by atoms with Crippen molar-refractivity contribution >= 4 is 10.8 Å². The monoisotopic (exact) mass is 427 g/mol. The van der Waals surface area contributed by atoms with Crippen LogP contribution in [0.5, 0.6) is 11.5 Å². The van der Waals surface area contributed by atoms with Crippen molar-refractivity contribution in [1.29, 1.82) is 0 Å². The lowest BCUT2D eigenvalue weighted by atomic mass is 9.78. The van der Waals surface area contributed by atoms with Gasteiger partial charge in [-0.25, -0.2) is 0 Å². The maximum absolute atomic E-state index is 12.1. The number of rotatable bonds is 8. The van der Waals surface area contributed by atoms with Crippen LogP contribution in [0.15, 0.2) is 91.0 Å². The number of hydrogen-bond donors (Lipinski definition) is 2. The summed E-state index contributed by atoms with van der Waals surface area (Å²) in [5, 5.41) is 14.4. The highest BCUT2D eigenvalue weighted by Crippen LogP contribution is 2.36. The van der Waals surface area contributed by atoms with Gasteiger partial charge in [0.05, 0.1) is 25.9 Å². The summed E-state index contributed by atoms with van der Waals surface area (Å²) in [5.74, 6) is 1.47. The standard InChI is InChI=1S/C28H29NO3/c1-31-25-13-7-5-11-23(25)18-28(30,19-24-12-6-8-14-26(24)32-2)27(29)22-16-15-20-9-3-4-10-21(20)17-22/h3-17,27,30H,18-19,29H2,1-2H3. The molecule has 4 aromatic carbocycles. The van der Waals surface area contributed by atoms with Gasteiger partial charge in [0.1, 0.15) is 11.5 Å². The Labute approximate surface area is 189 Å². The van der Waals surface area contributed by atoms with Gasteiger partial charge >= 0.3 is 0 Å². The molecule has 32 heavy (non-hydrogen) atoms. The van der Waals surface area contributed by atoms with Crippen molar-refractivity contribution in [2.45, 2.75) is 24.5 Å². The van der Waals surface area contributed by atoms with Crippen molar-refractivity contribution in [1.82, 2.24) is 0 Å². The largest absolute Gasteiger partial charge is 0.496 e. The van der Waals surface area contributed by atoms with E-state index in [0.29, 0.717) is 12.8 Å². The second-order valence-electron chi connectivity index (χ2n) is 8.17. The van der Waals surface area contributed by atoms with Crippen LogP contribution in [-0.2, 0) is 12.8 Å². The van der Waals surface area contributed by atoms with Crippen molar-refractivity contribution in [3.8, 4) is 11.5 Å². The van der Waals surface area contributed by atoms with Crippen molar-refractivity contribution in [3.63, 3.8) is 0 Å². The number of para-hydroxylation sites is 2. The van der Waals surface area contributed by atoms with Crippen LogP contribution in [0.3, 0.4) is 0 Å². The number of aliphatic hydroxyl groups is 1. The zero-order valence-electron chi connectivity index (χ0n) is 18.5. The number of fused-ring (bicyclic) bond motifs is 1. The highest BCUT2D eigenvalue weighted by atomic mass is 16.5. The quantitative estimate of drug-likeness (QED) is 0.412. The van der Waals surface area contributed by atoms with E-state index in [9.17, 15) is 5.11 Å². The fraction of sp³-hybridized carbons (Fsp3) is 0.214. The van der Waals surface area contributed by atoms with Crippen molar-refractivity contribution in [3.05, 3.63) is 108 Å². The molecule has 4 aromatic rings. The molecule has 1 atom stereocenters. The Morgan fingerprint density at radius 1 is 0.719 bits per heavy atom. The molecule has 0 saturated heterocycles. The fourth-order valence-electron chi connectivity index (χ4n) is 4.35. The van der Waals surface area contributed by atoms with Gasteiger partial charge in [0, 0.05) is 12.8 Å². The van der Waals surface area contributed by atoms with E-state index in [-0.39, 0.29) is 0 Å². The molecule has 0 aliphatic heterocycles. The smallest absolute Gasteiger partial charge is 0.122 e. The van der Waals surface area contributed by atoms with Crippen LogP contribution in [0, 0.1) is 0 Å². The number of nitrogens with two attached hydrogens (primary N) is 1. The maximum atomic E-state index is 12.1. The summed E-state index contributed by atoms with van der Waals surface area (Å²) in [6, 6.07) is 29.1. The summed E-state index contributed by atoms with van der Waals surface area (Å²) in [4.78, 5) is 0. The molecule has 0 fully saturated rings. The molecule has 4 heteroatoms. The van der Waals surface area contributed by atoms with Gasteiger partial charge in [0.15, 0.2) is 0 Å². The molecule has 0 heterocycles. The molecule has 3 N–H and O–H groups in total. The second kappa shape index (κ2) is 9.43. The lowest BCUT2D eigenvalue weighted by molar-refractivity contribution is 0.0127. The van der Waals surface area contributed by atoms with Crippen LogP contribution < -0.4 is 15.2 Å². The zero-order chi connectivity index (χ0) is 22.6. The molecule has 0 aliphatic rings. The summed E-state index contributed by atoms with van der Waals surface area (Å²) in [5.41, 5.74) is 8.24. The number of benzene rings is 4. The molecular weight excluding hydrogens is 398 g/mol. The van der Waals surface area contributed by atoms with Crippen LogP contribution in [0.2, 0.25) is 0 Å². The van der Waals surface area contributed by atoms with E-state index in [1.54, 1.807) is 14.2 Å². The summed E-state index contributed by atoms with van der Waals surface area (Å²) < 4.78 is 11.1. The van der Waals surface area contributed by atoms with E-state index < -0.39 is 11.6 Å². The third-order valence-corrected chi connectivity index (χ3v) is 6.09. The topological polar surface area (TPSA) is 64.7 Å². The number of hydrogen-bond acceptors (Lipinski definition) is 4. The summed E-state index contributed by atoms with van der Waals surface area (Å²) in [6.45, 7) is 0. The summed E-state index contributed by atoms with van der Waals surface area (Å²) in [7, 11) is 3.28. The minimum Gasteiger partial charge on any atom is -0.496 e. The first-order valence-corrected chi connectivity index (χ1v) is 10.7. The van der Waals surface area contributed by atoms with Crippen LogP contribution in [0.4, 0.5) is 0 Å². The van der Waals surface area contributed by atoms with E-state index in [4.69, 9.17) is 15.2 Å². The summed E-state index contributed by atoms with van der Waals surface area (Å²) in [6.07, 6.45) is 0.673. The number of ether oxygens (including phenoxy) is 2. The van der Waals surface area contributed by atoms with Crippen LogP contribution in [0.1, 0.15) is 22.7 Å². The van der Waals surface area contributed by atoms with Crippen molar-refractivity contribution < 1.29 is 14.6 Å². The van der Waals surface area contributed by atoms with Crippen molar-refractivity contribution in [2.75, 3.05) is 14.2 Å². The molecule has 1 unspecified atom stereocenters. The second-order valence-corrected chi connectivity index (χ2v) is 8.17. The first-order chi connectivity index (χ1) is 15.5. The molecule has 0 aliphatic carbocycles. The normalized spacial score (nSPS) is 12.5. The lowest BCUT2D eigenvalue weighted by Gasteiger charge is -2.35. The van der Waals surface area contributed by atoms with E-state index in [2.05, 4.69) is 24.3 Å². The molecular formula is C28H29NO3. The Hall–Kier alpha value is -3.34. The molecule has 164 valence electrons. The minimum absolute atomic E-state index is 0.336. The predicted molar refractivity (Wildman–Crippen MR) is 129 cm³/mol. The number of methoxy groups -OCH3 is 2. The van der Waals surface area contributed by atoms with Crippen LogP contribution in [0.25, 0.3) is 10.8 Å². The Morgan fingerprint density at radius 3 is 1.78 bits per heavy atom. The molecule has 0 radical (unpaired) electrons.